The van der Waals surface area contributed by atoms with Crippen LogP contribution in [0.4, 0.5) is 0 Å². The quantitative estimate of drug-likeness (QED) is 0.699. The zero-order valence-electron chi connectivity index (χ0n) is 12.1. The number of carbonyl (C=O) groups is 1. The average molecular weight is 268 g/mol. The van der Waals surface area contributed by atoms with Gasteiger partial charge in [0.25, 0.3) is 5.91 Å². The van der Waals surface area contributed by atoms with Crippen LogP contribution in [0.15, 0.2) is 6.20 Å². The van der Waals surface area contributed by atoms with Gasteiger partial charge in [0.1, 0.15) is 0 Å². The molecule has 7 nitrogen and oxygen atoms in total. The lowest BCUT2D eigenvalue weighted by atomic mass is 10.0. The number of carbonyl (C=O) groups excluding carboxylic acids is 1. The lowest BCUT2D eigenvalue weighted by molar-refractivity contribution is 0.0911. The molecule has 0 aromatic carbocycles. The molecule has 1 aromatic heterocycles. The number of likely N-dealkylation sites (N-methyl/N-ethyl adjacent to an activating group) is 1. The summed E-state index contributed by atoms with van der Waals surface area (Å²) in [6.07, 6.45) is 1.62. The topological polar surface area (TPSA) is 89.1 Å². The predicted octanol–water partition coefficient (Wildman–Crippen LogP) is -0.447. The van der Waals surface area contributed by atoms with Crippen molar-refractivity contribution < 1.29 is 4.79 Å². The number of aromatic nitrogens is 3. The normalized spacial score (nSPS) is 13.0. The molecule has 0 fully saturated rings. The lowest BCUT2D eigenvalue weighted by Crippen LogP contribution is -2.45. The largest absolute Gasteiger partial charge is 0.346 e. The third-order valence-electron chi connectivity index (χ3n) is 2.81. The number of hydrogen-bond donors (Lipinski definition) is 2. The van der Waals surface area contributed by atoms with Crippen LogP contribution >= 0.6 is 0 Å². The van der Waals surface area contributed by atoms with E-state index < -0.39 is 0 Å². The number of nitrogens with one attached hydrogen (secondary N) is 1. The second-order valence-corrected chi connectivity index (χ2v) is 5.24. The van der Waals surface area contributed by atoms with E-state index in [4.69, 9.17) is 5.73 Å². The van der Waals surface area contributed by atoms with E-state index in [9.17, 15) is 4.79 Å². The summed E-state index contributed by atoms with van der Waals surface area (Å²) >= 11 is 0. The Morgan fingerprint density at radius 3 is 2.74 bits per heavy atom. The molecule has 1 rings (SSSR count). The number of nitrogens with zero attached hydrogens (tertiary/aromatic N) is 4. The van der Waals surface area contributed by atoms with E-state index >= 15 is 0 Å². The van der Waals surface area contributed by atoms with Crippen molar-refractivity contribution in [2.75, 3.05) is 27.2 Å². The molecular formula is C12H24N6O. The molecule has 0 aliphatic rings. The second-order valence-electron chi connectivity index (χ2n) is 5.24. The first-order valence-electron chi connectivity index (χ1n) is 6.49. The summed E-state index contributed by atoms with van der Waals surface area (Å²) < 4.78 is 1.57. The molecule has 0 aliphatic heterocycles. The fourth-order valence-corrected chi connectivity index (χ4v) is 1.70. The maximum absolute atomic E-state index is 12.1. The molecule has 19 heavy (non-hydrogen) atoms. The Balaban J connectivity index is 2.64. The molecule has 3 N–H and O–H groups in total. The van der Waals surface area contributed by atoms with E-state index in [0.717, 1.165) is 6.54 Å². The van der Waals surface area contributed by atoms with E-state index in [1.54, 1.807) is 10.9 Å². The van der Waals surface area contributed by atoms with Crippen molar-refractivity contribution in [2.45, 2.75) is 26.4 Å². The van der Waals surface area contributed by atoms with E-state index in [-0.39, 0.29) is 11.9 Å². The van der Waals surface area contributed by atoms with Gasteiger partial charge in [-0.3, -0.25) is 9.48 Å². The van der Waals surface area contributed by atoms with Gasteiger partial charge in [0.15, 0.2) is 5.69 Å². The molecule has 1 atom stereocenters. The van der Waals surface area contributed by atoms with Crippen LogP contribution in [0.3, 0.4) is 0 Å². The van der Waals surface area contributed by atoms with E-state index in [2.05, 4.69) is 34.4 Å². The van der Waals surface area contributed by atoms with Crippen LogP contribution in [0.25, 0.3) is 0 Å². The van der Waals surface area contributed by atoms with Crippen molar-refractivity contribution in [3.8, 4) is 0 Å². The molecule has 1 aromatic rings. The number of hydrogen-bond acceptors (Lipinski definition) is 5. The van der Waals surface area contributed by atoms with Crippen molar-refractivity contribution in [3.05, 3.63) is 11.9 Å². The highest BCUT2D eigenvalue weighted by Gasteiger charge is 2.19. The van der Waals surface area contributed by atoms with Crippen molar-refractivity contribution >= 4 is 5.91 Å². The van der Waals surface area contributed by atoms with Crippen LogP contribution in [-0.4, -0.2) is 59.0 Å². The Morgan fingerprint density at radius 1 is 1.53 bits per heavy atom. The summed E-state index contributed by atoms with van der Waals surface area (Å²) in [6.45, 7) is 5.99. The molecule has 1 heterocycles. The van der Waals surface area contributed by atoms with Gasteiger partial charge in [0.05, 0.1) is 12.7 Å². The van der Waals surface area contributed by atoms with Gasteiger partial charge in [0, 0.05) is 19.1 Å². The van der Waals surface area contributed by atoms with Gasteiger partial charge in [-0.25, -0.2) is 0 Å². The molecule has 1 amide bonds. The molecule has 1 unspecified atom stereocenters. The summed E-state index contributed by atoms with van der Waals surface area (Å²) in [4.78, 5) is 14.1. The van der Waals surface area contributed by atoms with Gasteiger partial charge in [-0.05, 0) is 20.0 Å². The van der Waals surface area contributed by atoms with E-state index in [0.29, 0.717) is 24.7 Å². The minimum absolute atomic E-state index is 0.0853. The highest BCUT2D eigenvalue weighted by atomic mass is 16.2. The Kier molecular flexibility index (Phi) is 5.91. The highest BCUT2D eigenvalue weighted by Crippen LogP contribution is 2.04. The molecule has 108 valence electrons. The van der Waals surface area contributed by atoms with E-state index in [1.165, 1.54) is 0 Å². The summed E-state index contributed by atoms with van der Waals surface area (Å²) in [5.74, 6) is 0.161. The number of amides is 1. The first kappa shape index (κ1) is 15.6. The van der Waals surface area contributed by atoms with Crippen LogP contribution in [-0.2, 0) is 6.54 Å². The number of nitrogens with two attached hydrogens (primary N) is 1. The lowest BCUT2D eigenvalue weighted by Gasteiger charge is -2.25. The van der Waals surface area contributed by atoms with Gasteiger partial charge < -0.3 is 16.0 Å². The zero-order valence-corrected chi connectivity index (χ0v) is 12.1. The summed E-state index contributed by atoms with van der Waals surface area (Å²) in [5.41, 5.74) is 5.76. The predicted molar refractivity (Wildman–Crippen MR) is 73.7 cm³/mol. The molecule has 0 spiro atoms. The van der Waals surface area contributed by atoms with Gasteiger partial charge in [-0.1, -0.05) is 19.1 Å². The van der Waals surface area contributed by atoms with Gasteiger partial charge in [-0.2, -0.15) is 0 Å². The van der Waals surface area contributed by atoms with Crippen LogP contribution in [0.1, 0.15) is 24.3 Å². The maximum atomic E-state index is 12.1. The minimum Gasteiger partial charge on any atom is -0.346 e. The Morgan fingerprint density at radius 2 is 2.21 bits per heavy atom. The Bertz CT molecular complexity index is 401. The number of rotatable bonds is 7. The highest BCUT2D eigenvalue weighted by molar-refractivity contribution is 5.92. The maximum Gasteiger partial charge on any atom is 0.273 e. The average Bonchev–Trinajstić information content (AvgIpc) is 2.76. The van der Waals surface area contributed by atoms with Crippen molar-refractivity contribution in [2.24, 2.45) is 11.7 Å². The first-order valence-corrected chi connectivity index (χ1v) is 6.49. The molecule has 7 heteroatoms. The fraction of sp³-hybridized carbons (Fsp3) is 0.750. The van der Waals surface area contributed by atoms with Crippen molar-refractivity contribution in [3.63, 3.8) is 0 Å². The van der Waals surface area contributed by atoms with E-state index in [1.807, 2.05) is 14.1 Å². The van der Waals surface area contributed by atoms with Crippen molar-refractivity contribution in [1.29, 1.82) is 0 Å². The van der Waals surface area contributed by atoms with Gasteiger partial charge >= 0.3 is 0 Å². The summed E-state index contributed by atoms with van der Waals surface area (Å²) in [7, 11) is 3.97. The summed E-state index contributed by atoms with van der Waals surface area (Å²) in [5, 5.41) is 10.7. The molecule has 0 saturated heterocycles. The smallest absolute Gasteiger partial charge is 0.273 e. The van der Waals surface area contributed by atoms with Crippen LogP contribution < -0.4 is 11.1 Å². The Labute approximate surface area is 114 Å². The third kappa shape index (κ3) is 4.96. The fourth-order valence-electron chi connectivity index (χ4n) is 1.70. The van der Waals surface area contributed by atoms with Crippen LogP contribution in [0.5, 0.6) is 0 Å². The van der Waals surface area contributed by atoms with Gasteiger partial charge in [-0.15, -0.1) is 5.10 Å². The van der Waals surface area contributed by atoms with Gasteiger partial charge in [0.2, 0.25) is 0 Å². The second kappa shape index (κ2) is 7.20. The zero-order chi connectivity index (χ0) is 14.4. The molecule has 0 saturated carbocycles. The molecular weight excluding hydrogens is 244 g/mol. The van der Waals surface area contributed by atoms with Crippen LogP contribution in [0, 0.1) is 5.92 Å². The molecule has 0 aliphatic carbocycles. The third-order valence-corrected chi connectivity index (χ3v) is 2.81. The van der Waals surface area contributed by atoms with Crippen LogP contribution in [0.2, 0.25) is 0 Å². The molecule has 0 bridgehead atoms. The first-order chi connectivity index (χ1) is 8.93. The van der Waals surface area contributed by atoms with Crippen molar-refractivity contribution in [1.82, 2.24) is 25.2 Å². The Hall–Kier alpha value is -1.47. The summed E-state index contributed by atoms with van der Waals surface area (Å²) in [6, 6.07) is 0.0853. The SMILES string of the molecule is CC(C)C(CN(C)C)NC(=O)c1cn(CCN)nn1. The minimum atomic E-state index is -0.191. The standard InChI is InChI=1S/C12H24N6O/c1-9(2)10(7-17(3)4)14-12(19)11-8-18(6-5-13)16-15-11/h8-10H,5-7,13H2,1-4H3,(H,14,19). The monoisotopic (exact) mass is 268 g/mol. The molecule has 0 radical (unpaired) electrons.